The predicted molar refractivity (Wildman–Crippen MR) is 164 cm³/mol. The molecule has 43 heavy (non-hydrogen) atoms. The Balaban J connectivity index is 1.22. The number of amides is 3. The number of ether oxygens (including phenoxy) is 2. The lowest BCUT2D eigenvalue weighted by Gasteiger charge is -2.28. The first-order chi connectivity index (χ1) is 20.3. The number of fused-ring (bicyclic) bond motifs is 1. The maximum atomic E-state index is 12.9. The van der Waals surface area contributed by atoms with Crippen molar-refractivity contribution in [2.24, 2.45) is 0 Å². The van der Waals surface area contributed by atoms with Crippen LogP contribution in [0.3, 0.4) is 0 Å². The lowest BCUT2D eigenvalue weighted by Crippen LogP contribution is -2.47. The second-order valence-electron chi connectivity index (χ2n) is 13.4. The molecule has 10 nitrogen and oxygen atoms in total. The number of aromatic nitrogens is 2. The number of likely N-dealkylation sites (tertiary alicyclic amines) is 2. The average molecular weight is 590 g/mol. The molecule has 2 N–H and O–H groups in total. The van der Waals surface area contributed by atoms with Crippen LogP contribution in [0.2, 0.25) is 0 Å². The van der Waals surface area contributed by atoms with Gasteiger partial charge in [-0.15, -0.1) is 0 Å². The number of H-pyrrole nitrogens is 1. The Labute approximate surface area is 253 Å². The van der Waals surface area contributed by atoms with Crippen LogP contribution in [-0.2, 0) is 20.8 Å². The summed E-state index contributed by atoms with van der Waals surface area (Å²) in [5.74, 6) is 0.606. The van der Waals surface area contributed by atoms with Crippen molar-refractivity contribution in [1.29, 1.82) is 0 Å². The minimum Gasteiger partial charge on any atom is -0.444 e. The van der Waals surface area contributed by atoms with Crippen LogP contribution in [0.5, 0.6) is 0 Å². The predicted octanol–water partition coefficient (Wildman–Crippen LogP) is 6.32. The molecule has 0 bridgehead atoms. The normalized spacial score (nSPS) is 19.1. The van der Waals surface area contributed by atoms with E-state index in [1.54, 1.807) is 4.90 Å². The highest BCUT2D eigenvalue weighted by Crippen LogP contribution is 2.33. The quantitative estimate of drug-likeness (QED) is 0.360. The van der Waals surface area contributed by atoms with E-state index in [9.17, 15) is 14.4 Å². The van der Waals surface area contributed by atoms with Gasteiger partial charge in [0, 0.05) is 19.6 Å². The van der Waals surface area contributed by atoms with Crippen LogP contribution in [0.1, 0.15) is 84.7 Å². The van der Waals surface area contributed by atoms with Crippen molar-refractivity contribution in [3.05, 3.63) is 53.9 Å². The third-order valence-electron chi connectivity index (χ3n) is 7.63. The van der Waals surface area contributed by atoms with Gasteiger partial charge in [-0.05, 0) is 96.0 Å². The molecule has 1 unspecified atom stereocenters. The van der Waals surface area contributed by atoms with Crippen LogP contribution in [0.15, 0.2) is 42.5 Å². The number of carbonyl (C=O) groups is 3. The van der Waals surface area contributed by atoms with Gasteiger partial charge in [0.05, 0.1) is 17.1 Å². The SMILES string of the molecule is CC(C)(C)OC(=O)N1CCCC1C(=O)NCc1ccc(-c2ccc3nc([C@@H]4CCCN4C(=O)OC(C)(C)C)[nH]c3c2)cc1. The summed E-state index contributed by atoms with van der Waals surface area (Å²) in [6.45, 7) is 12.6. The van der Waals surface area contributed by atoms with Gasteiger partial charge in [0.25, 0.3) is 0 Å². The van der Waals surface area contributed by atoms with E-state index in [2.05, 4.69) is 16.4 Å². The van der Waals surface area contributed by atoms with Crippen LogP contribution in [0.25, 0.3) is 22.2 Å². The first-order valence-electron chi connectivity index (χ1n) is 15.1. The lowest BCUT2D eigenvalue weighted by molar-refractivity contribution is -0.125. The van der Waals surface area contributed by atoms with Gasteiger partial charge in [0.1, 0.15) is 23.1 Å². The van der Waals surface area contributed by atoms with Crippen molar-refractivity contribution in [3.8, 4) is 11.1 Å². The van der Waals surface area contributed by atoms with E-state index < -0.39 is 23.3 Å². The van der Waals surface area contributed by atoms with Gasteiger partial charge in [-0.1, -0.05) is 30.3 Å². The third-order valence-corrected chi connectivity index (χ3v) is 7.63. The first-order valence-corrected chi connectivity index (χ1v) is 15.1. The number of hydrogen-bond donors (Lipinski definition) is 2. The van der Waals surface area contributed by atoms with Crippen molar-refractivity contribution < 1.29 is 23.9 Å². The summed E-state index contributed by atoms with van der Waals surface area (Å²) in [4.78, 5) is 49.8. The maximum absolute atomic E-state index is 12.9. The van der Waals surface area contributed by atoms with Crippen molar-refractivity contribution in [2.45, 2.75) is 97.1 Å². The fourth-order valence-corrected chi connectivity index (χ4v) is 5.66. The van der Waals surface area contributed by atoms with Crippen LogP contribution < -0.4 is 5.32 Å². The second-order valence-corrected chi connectivity index (χ2v) is 13.4. The first kappa shape index (κ1) is 30.4. The molecule has 2 aliphatic rings. The molecule has 0 aliphatic carbocycles. The molecule has 2 atom stereocenters. The third kappa shape index (κ3) is 7.29. The molecular weight excluding hydrogens is 546 g/mol. The summed E-state index contributed by atoms with van der Waals surface area (Å²) in [6.07, 6.45) is 2.39. The van der Waals surface area contributed by atoms with E-state index in [0.29, 0.717) is 26.1 Å². The number of rotatable bonds is 5. The van der Waals surface area contributed by atoms with Crippen LogP contribution in [0.4, 0.5) is 9.59 Å². The summed E-state index contributed by atoms with van der Waals surface area (Å²) in [6, 6.07) is 13.5. The van der Waals surface area contributed by atoms with Crippen LogP contribution in [-0.4, -0.2) is 68.2 Å². The van der Waals surface area contributed by atoms with Crippen molar-refractivity contribution >= 4 is 29.1 Å². The number of aromatic amines is 1. The average Bonchev–Trinajstić information content (AvgIpc) is 3.68. The van der Waals surface area contributed by atoms with E-state index in [1.165, 1.54) is 4.90 Å². The summed E-state index contributed by atoms with van der Waals surface area (Å²) in [5, 5.41) is 2.99. The van der Waals surface area contributed by atoms with Crippen molar-refractivity contribution in [1.82, 2.24) is 25.1 Å². The summed E-state index contributed by atoms with van der Waals surface area (Å²) >= 11 is 0. The Morgan fingerprint density at radius 1 is 0.860 bits per heavy atom. The van der Waals surface area contributed by atoms with E-state index in [0.717, 1.165) is 52.8 Å². The molecule has 5 rings (SSSR count). The number of carbonyl (C=O) groups excluding carboxylic acids is 3. The zero-order chi connectivity index (χ0) is 30.9. The van der Waals surface area contributed by atoms with Gasteiger partial charge in [-0.2, -0.15) is 0 Å². The van der Waals surface area contributed by atoms with Gasteiger partial charge in [0.2, 0.25) is 5.91 Å². The fourth-order valence-electron chi connectivity index (χ4n) is 5.66. The zero-order valence-electron chi connectivity index (χ0n) is 26.0. The summed E-state index contributed by atoms with van der Waals surface area (Å²) in [5.41, 5.74) is 3.64. The Bertz CT molecular complexity index is 1480. The molecule has 2 aromatic carbocycles. The highest BCUT2D eigenvalue weighted by atomic mass is 16.6. The number of nitrogens with one attached hydrogen (secondary N) is 2. The summed E-state index contributed by atoms with van der Waals surface area (Å²) < 4.78 is 11.1. The number of benzene rings is 2. The summed E-state index contributed by atoms with van der Waals surface area (Å²) in [7, 11) is 0. The smallest absolute Gasteiger partial charge is 0.410 e. The van der Waals surface area contributed by atoms with Crippen LogP contribution >= 0.6 is 0 Å². The maximum Gasteiger partial charge on any atom is 0.410 e. The highest BCUT2D eigenvalue weighted by Gasteiger charge is 2.37. The molecule has 0 radical (unpaired) electrons. The molecule has 2 aliphatic heterocycles. The zero-order valence-corrected chi connectivity index (χ0v) is 26.0. The fraction of sp³-hybridized carbons (Fsp3) is 0.515. The van der Waals surface area contributed by atoms with Gasteiger partial charge in [-0.3, -0.25) is 14.6 Å². The second kappa shape index (κ2) is 11.9. The van der Waals surface area contributed by atoms with Gasteiger partial charge in [0.15, 0.2) is 0 Å². The Kier molecular flexibility index (Phi) is 8.40. The molecular formula is C33H43N5O5. The molecule has 0 spiro atoms. The number of hydrogen-bond acceptors (Lipinski definition) is 6. The van der Waals surface area contributed by atoms with Crippen LogP contribution in [0, 0.1) is 0 Å². The molecule has 1 aromatic heterocycles. The molecule has 3 heterocycles. The standard InChI is InChI=1S/C33H43N5O5/c1-32(2,3)42-30(40)37-17-7-9-26(37)28-35-24-16-15-23(19-25(24)36-28)22-13-11-21(12-14-22)20-34-29(39)27-10-8-18-38(27)31(41)43-33(4,5)6/h11-16,19,26-27H,7-10,17-18,20H2,1-6H3,(H,34,39)(H,35,36)/t26-,27?/m0/s1. The van der Waals surface area contributed by atoms with Gasteiger partial charge < -0.3 is 19.8 Å². The molecule has 2 fully saturated rings. The number of nitrogens with zero attached hydrogens (tertiary/aromatic N) is 3. The van der Waals surface area contributed by atoms with Gasteiger partial charge in [-0.25, -0.2) is 14.6 Å². The van der Waals surface area contributed by atoms with E-state index in [-0.39, 0.29) is 18.0 Å². The lowest BCUT2D eigenvalue weighted by atomic mass is 10.0. The Morgan fingerprint density at radius 3 is 2.14 bits per heavy atom. The minimum atomic E-state index is -0.606. The largest absolute Gasteiger partial charge is 0.444 e. The van der Waals surface area contributed by atoms with E-state index >= 15 is 0 Å². The Hall–Kier alpha value is -4.08. The topological polar surface area (TPSA) is 117 Å². The number of imidazole rings is 1. The molecule has 230 valence electrons. The Morgan fingerprint density at radius 2 is 1.47 bits per heavy atom. The van der Waals surface area contributed by atoms with E-state index in [4.69, 9.17) is 14.5 Å². The molecule has 2 saturated heterocycles. The monoisotopic (exact) mass is 589 g/mol. The van der Waals surface area contributed by atoms with Crippen molar-refractivity contribution in [2.75, 3.05) is 13.1 Å². The van der Waals surface area contributed by atoms with Crippen molar-refractivity contribution in [3.63, 3.8) is 0 Å². The highest BCUT2D eigenvalue weighted by molar-refractivity contribution is 5.86. The van der Waals surface area contributed by atoms with Gasteiger partial charge >= 0.3 is 12.2 Å². The molecule has 0 saturated carbocycles. The van der Waals surface area contributed by atoms with E-state index in [1.807, 2.05) is 77.9 Å². The molecule has 3 aromatic rings. The molecule has 10 heteroatoms. The minimum absolute atomic E-state index is 0.138. The molecule has 3 amide bonds.